The predicted molar refractivity (Wildman–Crippen MR) is 62.4 cm³/mol. The fourth-order valence-corrected chi connectivity index (χ4v) is 1.48. The topological polar surface area (TPSA) is 59.3 Å². The molecule has 0 aliphatic rings. The molecule has 0 amide bonds. The van der Waals surface area contributed by atoms with Crippen molar-refractivity contribution in [3.05, 3.63) is 39.8 Å². The Balaban J connectivity index is 3.18. The van der Waals surface area contributed by atoms with Crippen LogP contribution in [-0.4, -0.2) is 15.6 Å². The van der Waals surface area contributed by atoms with Crippen molar-refractivity contribution in [3.63, 3.8) is 0 Å². The van der Waals surface area contributed by atoms with Crippen molar-refractivity contribution in [2.45, 2.75) is 26.8 Å². The van der Waals surface area contributed by atoms with E-state index in [1.54, 1.807) is 10.6 Å². The molecule has 1 rings (SSSR count). The lowest BCUT2D eigenvalue weighted by Crippen LogP contribution is -2.23. The van der Waals surface area contributed by atoms with Crippen LogP contribution in [0.3, 0.4) is 0 Å². The maximum Gasteiger partial charge on any atom is 0.328 e. The zero-order chi connectivity index (χ0) is 12.1. The zero-order valence-electron chi connectivity index (χ0n) is 9.43. The summed E-state index contributed by atoms with van der Waals surface area (Å²) in [7, 11) is 0. The summed E-state index contributed by atoms with van der Waals surface area (Å²) in [4.78, 5) is 22.3. The third-order valence-corrected chi connectivity index (χ3v) is 2.27. The van der Waals surface area contributed by atoms with Gasteiger partial charge in [0.1, 0.15) is 0 Å². The number of aromatic nitrogens is 1. The minimum Gasteiger partial charge on any atom is -0.478 e. The summed E-state index contributed by atoms with van der Waals surface area (Å²) in [6.45, 7) is 4.51. The SMILES string of the molecule is CCCn1c(C)ccc(/C=C/C(=O)O)c1=O. The minimum absolute atomic E-state index is 0.139. The van der Waals surface area contributed by atoms with Gasteiger partial charge >= 0.3 is 5.97 Å². The zero-order valence-corrected chi connectivity index (χ0v) is 9.43. The number of hydrogen-bond acceptors (Lipinski definition) is 2. The third-order valence-electron chi connectivity index (χ3n) is 2.27. The Morgan fingerprint density at radius 1 is 1.50 bits per heavy atom. The molecule has 1 heterocycles. The van der Waals surface area contributed by atoms with Gasteiger partial charge in [0.15, 0.2) is 0 Å². The molecule has 0 saturated carbocycles. The van der Waals surface area contributed by atoms with Crippen LogP contribution in [-0.2, 0) is 11.3 Å². The molecular weight excluding hydrogens is 206 g/mol. The van der Waals surface area contributed by atoms with E-state index in [0.29, 0.717) is 12.1 Å². The molecule has 0 radical (unpaired) electrons. The molecule has 0 aromatic carbocycles. The highest BCUT2D eigenvalue weighted by Crippen LogP contribution is 2.01. The van der Waals surface area contributed by atoms with E-state index in [9.17, 15) is 9.59 Å². The van der Waals surface area contributed by atoms with Gasteiger partial charge in [-0.15, -0.1) is 0 Å². The number of carbonyl (C=O) groups is 1. The Hall–Kier alpha value is -1.84. The van der Waals surface area contributed by atoms with Gasteiger partial charge in [-0.3, -0.25) is 4.79 Å². The van der Waals surface area contributed by atoms with Crippen LogP contribution >= 0.6 is 0 Å². The van der Waals surface area contributed by atoms with E-state index in [2.05, 4.69) is 0 Å². The molecule has 1 N–H and O–H groups in total. The first kappa shape index (κ1) is 12.2. The largest absolute Gasteiger partial charge is 0.478 e. The van der Waals surface area contributed by atoms with Gasteiger partial charge in [0.2, 0.25) is 0 Å². The monoisotopic (exact) mass is 221 g/mol. The summed E-state index contributed by atoms with van der Waals surface area (Å²) in [5.74, 6) is -1.05. The lowest BCUT2D eigenvalue weighted by atomic mass is 10.2. The Morgan fingerprint density at radius 2 is 2.19 bits per heavy atom. The van der Waals surface area contributed by atoms with Gasteiger partial charge in [-0.2, -0.15) is 0 Å². The number of carboxylic acid groups (broad SMARTS) is 1. The number of pyridine rings is 1. The van der Waals surface area contributed by atoms with E-state index in [-0.39, 0.29) is 5.56 Å². The maximum atomic E-state index is 11.9. The van der Waals surface area contributed by atoms with E-state index >= 15 is 0 Å². The van der Waals surface area contributed by atoms with Gasteiger partial charge in [-0.25, -0.2) is 4.79 Å². The van der Waals surface area contributed by atoms with E-state index in [1.165, 1.54) is 6.08 Å². The van der Waals surface area contributed by atoms with Gasteiger partial charge < -0.3 is 9.67 Å². The molecule has 0 fully saturated rings. The normalized spacial score (nSPS) is 10.9. The standard InChI is InChI=1S/C12H15NO3/c1-3-8-13-9(2)4-5-10(12(13)16)6-7-11(14)15/h4-7H,3,8H2,1-2H3,(H,14,15)/b7-6+. The van der Waals surface area contributed by atoms with E-state index in [4.69, 9.17) is 5.11 Å². The quantitative estimate of drug-likeness (QED) is 0.787. The number of carboxylic acids is 1. The van der Waals surface area contributed by atoms with Gasteiger partial charge in [-0.1, -0.05) is 6.92 Å². The maximum absolute atomic E-state index is 11.9. The highest BCUT2D eigenvalue weighted by Gasteiger charge is 2.03. The predicted octanol–water partition coefficient (Wildman–Crippen LogP) is 1.66. The van der Waals surface area contributed by atoms with Crippen LogP contribution in [0.5, 0.6) is 0 Å². The Morgan fingerprint density at radius 3 is 2.75 bits per heavy atom. The second kappa shape index (κ2) is 5.30. The van der Waals surface area contributed by atoms with Crippen LogP contribution < -0.4 is 5.56 Å². The molecule has 4 heteroatoms. The molecular formula is C12H15NO3. The van der Waals surface area contributed by atoms with Crippen LogP contribution in [0.15, 0.2) is 23.0 Å². The average Bonchev–Trinajstić information content (AvgIpc) is 2.23. The highest BCUT2D eigenvalue weighted by atomic mass is 16.4. The number of aliphatic carboxylic acids is 1. The lowest BCUT2D eigenvalue weighted by molar-refractivity contribution is -0.131. The van der Waals surface area contributed by atoms with E-state index in [1.807, 2.05) is 19.9 Å². The van der Waals surface area contributed by atoms with Crippen LogP contribution in [0.25, 0.3) is 6.08 Å². The fourth-order valence-electron chi connectivity index (χ4n) is 1.48. The molecule has 1 aromatic heterocycles. The van der Waals surface area contributed by atoms with Gasteiger partial charge in [0.05, 0.1) is 0 Å². The Bertz CT molecular complexity index is 472. The number of rotatable bonds is 4. The Labute approximate surface area is 93.8 Å². The second-order valence-corrected chi connectivity index (χ2v) is 3.56. The minimum atomic E-state index is -1.05. The van der Waals surface area contributed by atoms with Crippen molar-refractivity contribution in [2.75, 3.05) is 0 Å². The number of nitrogens with zero attached hydrogens (tertiary/aromatic N) is 1. The van der Waals surface area contributed by atoms with Crippen molar-refractivity contribution in [2.24, 2.45) is 0 Å². The molecule has 16 heavy (non-hydrogen) atoms. The Kier molecular flexibility index (Phi) is 4.05. The molecule has 0 bridgehead atoms. The highest BCUT2D eigenvalue weighted by molar-refractivity contribution is 5.85. The fraction of sp³-hybridized carbons (Fsp3) is 0.333. The molecule has 4 nitrogen and oxygen atoms in total. The first-order valence-corrected chi connectivity index (χ1v) is 5.17. The molecule has 0 unspecified atom stereocenters. The van der Waals surface area contributed by atoms with Crippen molar-refractivity contribution >= 4 is 12.0 Å². The van der Waals surface area contributed by atoms with Gasteiger partial charge in [0, 0.05) is 23.9 Å². The van der Waals surface area contributed by atoms with Crippen molar-refractivity contribution < 1.29 is 9.90 Å². The molecule has 0 aliphatic carbocycles. The van der Waals surface area contributed by atoms with Crippen LogP contribution in [0.1, 0.15) is 24.6 Å². The summed E-state index contributed by atoms with van der Waals surface area (Å²) in [6.07, 6.45) is 3.17. The van der Waals surface area contributed by atoms with Gasteiger partial charge in [-0.05, 0) is 31.6 Å². The molecule has 0 atom stereocenters. The number of aryl methyl sites for hydroxylation is 1. The number of hydrogen-bond donors (Lipinski definition) is 1. The summed E-state index contributed by atoms with van der Waals surface area (Å²) in [6, 6.07) is 3.46. The smallest absolute Gasteiger partial charge is 0.328 e. The molecule has 0 aliphatic heterocycles. The first-order valence-electron chi connectivity index (χ1n) is 5.17. The summed E-state index contributed by atoms with van der Waals surface area (Å²) >= 11 is 0. The van der Waals surface area contributed by atoms with Crippen molar-refractivity contribution in [1.29, 1.82) is 0 Å². The first-order chi connectivity index (χ1) is 7.56. The molecule has 0 spiro atoms. The lowest BCUT2D eigenvalue weighted by Gasteiger charge is -2.08. The second-order valence-electron chi connectivity index (χ2n) is 3.56. The summed E-state index contributed by atoms with van der Waals surface area (Å²) in [5.41, 5.74) is 1.15. The van der Waals surface area contributed by atoms with Crippen LogP contribution in [0.4, 0.5) is 0 Å². The summed E-state index contributed by atoms with van der Waals surface area (Å²) < 4.78 is 1.65. The molecule has 86 valence electrons. The van der Waals surface area contributed by atoms with Gasteiger partial charge in [0.25, 0.3) is 5.56 Å². The average molecular weight is 221 g/mol. The van der Waals surface area contributed by atoms with Crippen molar-refractivity contribution in [3.8, 4) is 0 Å². The molecule has 0 saturated heterocycles. The van der Waals surface area contributed by atoms with Crippen molar-refractivity contribution in [1.82, 2.24) is 4.57 Å². The van der Waals surface area contributed by atoms with Crippen LogP contribution in [0, 0.1) is 6.92 Å². The molecule has 1 aromatic rings. The van der Waals surface area contributed by atoms with Crippen LogP contribution in [0.2, 0.25) is 0 Å². The van der Waals surface area contributed by atoms with E-state index < -0.39 is 5.97 Å². The summed E-state index contributed by atoms with van der Waals surface area (Å²) in [5, 5.41) is 8.50. The van der Waals surface area contributed by atoms with E-state index in [0.717, 1.165) is 18.2 Å². The third kappa shape index (κ3) is 2.82.